The van der Waals surface area contributed by atoms with Crippen LogP contribution in [0.15, 0.2) is 30.3 Å². The Labute approximate surface area is 237 Å². The Morgan fingerprint density at radius 2 is 1.62 bits per heavy atom. The Balaban J connectivity index is 1.22. The summed E-state index contributed by atoms with van der Waals surface area (Å²) in [6.07, 6.45) is 5.15. The first-order valence-corrected chi connectivity index (χ1v) is 14.8. The maximum absolute atomic E-state index is 9.51. The Kier molecular flexibility index (Phi) is 7.52. The fourth-order valence-electron chi connectivity index (χ4n) is 6.69. The molecule has 8 heteroatoms. The van der Waals surface area contributed by atoms with Crippen LogP contribution in [0.1, 0.15) is 61.2 Å². The molecule has 0 bridgehead atoms. The van der Waals surface area contributed by atoms with Gasteiger partial charge in [0.05, 0.1) is 36.0 Å². The van der Waals surface area contributed by atoms with E-state index in [2.05, 4.69) is 51.2 Å². The summed E-state index contributed by atoms with van der Waals surface area (Å²) in [4.78, 5) is 17.5. The maximum Gasteiger partial charge on any atom is 0.144 e. The number of ether oxygens (including phenoxy) is 1. The normalized spacial score (nSPS) is 19.9. The van der Waals surface area contributed by atoms with E-state index in [0.29, 0.717) is 17.4 Å². The van der Waals surface area contributed by atoms with Crippen molar-refractivity contribution in [1.82, 2.24) is 19.8 Å². The molecule has 0 radical (unpaired) electrons. The monoisotopic (exact) mass is 539 g/mol. The molecule has 0 amide bonds. The molecule has 1 saturated carbocycles. The van der Waals surface area contributed by atoms with Crippen molar-refractivity contribution in [1.29, 1.82) is 5.26 Å². The zero-order chi connectivity index (χ0) is 27.8. The molecular weight excluding hydrogens is 498 g/mol. The van der Waals surface area contributed by atoms with Crippen LogP contribution in [0.25, 0.3) is 10.9 Å². The number of methoxy groups -OCH3 is 1. The molecule has 1 atom stereocenters. The third-order valence-corrected chi connectivity index (χ3v) is 9.16. The van der Waals surface area contributed by atoms with Crippen LogP contribution in [-0.2, 0) is 0 Å². The average molecular weight is 540 g/mol. The molecular formula is C32H41N7O. The highest BCUT2D eigenvalue weighted by atomic mass is 16.5. The molecule has 3 aromatic rings. The number of piperazine rings is 1. The third kappa shape index (κ3) is 5.33. The number of nitriles is 1. The van der Waals surface area contributed by atoms with Gasteiger partial charge in [-0.15, -0.1) is 0 Å². The number of benzene rings is 2. The number of aryl methyl sites for hydroxylation is 1. The number of fused-ring (bicyclic) bond motifs is 1. The fraction of sp³-hybridized carbons (Fsp3) is 0.531. The molecule has 2 aromatic carbocycles. The smallest absolute Gasteiger partial charge is 0.144 e. The number of piperidine rings is 1. The zero-order valence-electron chi connectivity index (χ0n) is 24.3. The predicted octanol–water partition coefficient (Wildman–Crippen LogP) is 5.05. The van der Waals surface area contributed by atoms with Crippen molar-refractivity contribution in [2.75, 3.05) is 56.6 Å². The highest BCUT2D eigenvalue weighted by molar-refractivity contribution is 5.94. The van der Waals surface area contributed by atoms with Crippen molar-refractivity contribution >= 4 is 22.4 Å². The lowest BCUT2D eigenvalue weighted by Gasteiger charge is -2.43. The number of rotatable bonds is 7. The highest BCUT2D eigenvalue weighted by Crippen LogP contribution is 2.38. The summed E-state index contributed by atoms with van der Waals surface area (Å²) >= 11 is 0. The Hall–Kier alpha value is -3.41. The van der Waals surface area contributed by atoms with Crippen LogP contribution >= 0.6 is 0 Å². The van der Waals surface area contributed by atoms with Gasteiger partial charge in [0.25, 0.3) is 0 Å². The van der Waals surface area contributed by atoms with Gasteiger partial charge in [-0.05, 0) is 69.7 Å². The summed E-state index contributed by atoms with van der Waals surface area (Å²) in [5, 5.41) is 14.1. The van der Waals surface area contributed by atoms with Crippen molar-refractivity contribution in [2.24, 2.45) is 0 Å². The van der Waals surface area contributed by atoms with Crippen molar-refractivity contribution in [2.45, 2.75) is 64.6 Å². The molecule has 6 rings (SSSR count). The summed E-state index contributed by atoms with van der Waals surface area (Å²) in [5.74, 6) is 2.38. The second kappa shape index (κ2) is 11.2. The molecule has 3 aliphatic rings. The minimum absolute atomic E-state index is 0.0209. The molecule has 2 saturated heterocycles. The Morgan fingerprint density at radius 1 is 0.950 bits per heavy atom. The second-order valence-corrected chi connectivity index (χ2v) is 11.7. The molecule has 0 spiro atoms. The number of aromatic nitrogens is 2. The lowest BCUT2D eigenvalue weighted by molar-refractivity contribution is 0.0808. The van der Waals surface area contributed by atoms with Gasteiger partial charge in [0.15, 0.2) is 0 Å². The standard InChI is InChI=1S/C32H41N7O/c1-21-24(20-33)6-5-7-27(21)22(2)34-32-28-18-30(31(40-4)19-29(28)35-23(3)36-32)39-12-10-26(11-13-39)38-16-14-37(15-17-38)25-8-9-25/h5-7,18-19,22,25-26H,8-17H2,1-4H3,(H,34,35,36)/t22-/m1/s1. The van der Waals surface area contributed by atoms with Gasteiger partial charge < -0.3 is 15.0 Å². The van der Waals surface area contributed by atoms with E-state index in [1.54, 1.807) is 7.11 Å². The minimum Gasteiger partial charge on any atom is -0.495 e. The third-order valence-electron chi connectivity index (χ3n) is 9.16. The van der Waals surface area contributed by atoms with E-state index < -0.39 is 0 Å². The molecule has 1 N–H and O–H groups in total. The number of hydrogen-bond donors (Lipinski definition) is 1. The van der Waals surface area contributed by atoms with Crippen molar-refractivity contribution < 1.29 is 4.74 Å². The van der Waals surface area contributed by atoms with E-state index in [0.717, 1.165) is 58.4 Å². The SMILES string of the molecule is COc1cc2nc(C)nc(N[C@H](C)c3cccc(C#N)c3C)c2cc1N1CCC(N2CCN(C3CC3)CC2)CC1. The van der Waals surface area contributed by atoms with Gasteiger partial charge in [-0.2, -0.15) is 5.26 Å². The lowest BCUT2D eigenvalue weighted by Crippen LogP contribution is -2.53. The van der Waals surface area contributed by atoms with Gasteiger partial charge in [-0.25, -0.2) is 9.97 Å². The molecule has 1 aromatic heterocycles. The minimum atomic E-state index is -0.0209. The van der Waals surface area contributed by atoms with Crippen LogP contribution < -0.4 is 15.0 Å². The Bertz CT molecular complexity index is 1410. The van der Waals surface area contributed by atoms with Gasteiger partial charge in [0.2, 0.25) is 0 Å². The van der Waals surface area contributed by atoms with E-state index in [9.17, 15) is 5.26 Å². The molecule has 2 aliphatic heterocycles. The number of anilines is 2. The van der Waals surface area contributed by atoms with Crippen LogP contribution in [0.2, 0.25) is 0 Å². The molecule has 3 heterocycles. The number of nitrogens with zero attached hydrogens (tertiary/aromatic N) is 6. The maximum atomic E-state index is 9.51. The van der Waals surface area contributed by atoms with Crippen LogP contribution in [0, 0.1) is 25.2 Å². The first kappa shape index (κ1) is 26.8. The van der Waals surface area contributed by atoms with Gasteiger partial charge >= 0.3 is 0 Å². The van der Waals surface area contributed by atoms with Crippen LogP contribution in [0.4, 0.5) is 11.5 Å². The molecule has 3 fully saturated rings. The largest absolute Gasteiger partial charge is 0.495 e. The number of hydrogen-bond acceptors (Lipinski definition) is 8. The topological polar surface area (TPSA) is 80.5 Å². The van der Waals surface area contributed by atoms with E-state index in [4.69, 9.17) is 14.7 Å². The van der Waals surface area contributed by atoms with E-state index in [1.165, 1.54) is 51.9 Å². The summed E-state index contributed by atoms with van der Waals surface area (Å²) in [6, 6.07) is 14.0. The zero-order valence-corrected chi connectivity index (χ0v) is 24.3. The molecule has 40 heavy (non-hydrogen) atoms. The summed E-state index contributed by atoms with van der Waals surface area (Å²) in [6.45, 7) is 13.0. The van der Waals surface area contributed by atoms with Gasteiger partial charge in [0.1, 0.15) is 17.4 Å². The van der Waals surface area contributed by atoms with E-state index in [1.807, 2.05) is 26.0 Å². The summed E-state index contributed by atoms with van der Waals surface area (Å²) in [5.41, 5.74) is 4.78. The molecule has 210 valence electrons. The lowest BCUT2D eigenvalue weighted by atomic mass is 9.98. The number of nitrogens with one attached hydrogen (secondary N) is 1. The van der Waals surface area contributed by atoms with Gasteiger partial charge in [-0.3, -0.25) is 9.80 Å². The fourth-order valence-corrected chi connectivity index (χ4v) is 6.69. The molecule has 0 unspecified atom stereocenters. The van der Waals surface area contributed by atoms with Crippen LogP contribution in [0.5, 0.6) is 5.75 Å². The summed E-state index contributed by atoms with van der Waals surface area (Å²) < 4.78 is 5.89. The van der Waals surface area contributed by atoms with Crippen molar-refractivity contribution in [3.63, 3.8) is 0 Å². The van der Waals surface area contributed by atoms with Gasteiger partial charge in [-0.1, -0.05) is 12.1 Å². The highest BCUT2D eigenvalue weighted by Gasteiger charge is 2.34. The molecule has 1 aliphatic carbocycles. The van der Waals surface area contributed by atoms with Crippen LogP contribution in [0.3, 0.4) is 0 Å². The van der Waals surface area contributed by atoms with Crippen molar-refractivity contribution in [3.8, 4) is 11.8 Å². The predicted molar refractivity (Wildman–Crippen MR) is 160 cm³/mol. The average Bonchev–Trinajstić information content (AvgIpc) is 3.82. The van der Waals surface area contributed by atoms with Gasteiger partial charge in [0, 0.05) is 62.8 Å². The molecule has 8 nitrogen and oxygen atoms in total. The quantitative estimate of drug-likeness (QED) is 0.447. The summed E-state index contributed by atoms with van der Waals surface area (Å²) in [7, 11) is 1.75. The van der Waals surface area contributed by atoms with Crippen LogP contribution in [-0.4, -0.2) is 78.2 Å². The first-order valence-electron chi connectivity index (χ1n) is 14.8. The Morgan fingerprint density at radius 3 is 2.25 bits per heavy atom. The van der Waals surface area contributed by atoms with E-state index >= 15 is 0 Å². The first-order chi connectivity index (χ1) is 19.4. The second-order valence-electron chi connectivity index (χ2n) is 11.7. The van der Waals surface area contributed by atoms with Crippen molar-refractivity contribution in [3.05, 3.63) is 52.8 Å². The van der Waals surface area contributed by atoms with E-state index in [-0.39, 0.29) is 6.04 Å².